The summed E-state index contributed by atoms with van der Waals surface area (Å²) >= 11 is 4.06. The molecule has 0 saturated carbocycles. The van der Waals surface area contributed by atoms with Crippen molar-refractivity contribution in [2.24, 2.45) is 0 Å². The van der Waals surface area contributed by atoms with Crippen LogP contribution in [-0.2, 0) is 0 Å². The van der Waals surface area contributed by atoms with Crippen LogP contribution in [0.2, 0.25) is 0 Å². The van der Waals surface area contributed by atoms with Crippen LogP contribution < -0.4 is 0 Å². The van der Waals surface area contributed by atoms with Crippen molar-refractivity contribution in [2.45, 2.75) is 50.5 Å². The number of hydrogen-bond acceptors (Lipinski definition) is 2. The van der Waals surface area contributed by atoms with E-state index in [1.54, 1.807) is 11.8 Å². The average Bonchev–Trinajstić information content (AvgIpc) is 2.33. The summed E-state index contributed by atoms with van der Waals surface area (Å²) in [6.07, 6.45) is 3.38. The van der Waals surface area contributed by atoms with Crippen LogP contribution >= 0.6 is 34.4 Å². The van der Waals surface area contributed by atoms with E-state index in [0.29, 0.717) is 0 Å². The van der Waals surface area contributed by atoms with Gasteiger partial charge in [-0.2, -0.15) is 0 Å². The summed E-state index contributed by atoms with van der Waals surface area (Å²) in [5.41, 5.74) is -0.745. The Morgan fingerprint density at radius 2 is 1.89 bits per heavy atom. The van der Waals surface area contributed by atoms with Gasteiger partial charge in [0.25, 0.3) is 0 Å². The van der Waals surface area contributed by atoms with Gasteiger partial charge in [-0.1, -0.05) is 43.3 Å². The number of aliphatic hydroxyl groups is 1. The minimum atomic E-state index is -0.745. The van der Waals surface area contributed by atoms with Crippen LogP contribution in [-0.4, -0.2) is 10.7 Å². The van der Waals surface area contributed by atoms with Crippen molar-refractivity contribution in [1.82, 2.24) is 0 Å². The van der Waals surface area contributed by atoms with Crippen molar-refractivity contribution < 1.29 is 5.11 Å². The van der Waals surface area contributed by atoms with Crippen LogP contribution in [0, 0.1) is 0 Å². The van der Waals surface area contributed by atoms with Gasteiger partial charge < -0.3 is 5.11 Å². The van der Waals surface area contributed by atoms with Gasteiger partial charge in [0.2, 0.25) is 0 Å². The summed E-state index contributed by atoms with van der Waals surface area (Å²) in [6.45, 7) is 5.90. The van der Waals surface area contributed by atoms with Crippen LogP contribution in [0.1, 0.15) is 40.0 Å². The topological polar surface area (TPSA) is 20.2 Å². The Morgan fingerprint density at radius 3 is 2.39 bits per heavy atom. The summed E-state index contributed by atoms with van der Waals surface area (Å²) in [7, 11) is 0. The molecule has 100 valence electrons. The predicted octanol–water partition coefficient (Wildman–Crippen LogP) is 5.39. The fourth-order valence-corrected chi connectivity index (χ4v) is 3.28. The van der Waals surface area contributed by atoms with Gasteiger partial charge in [-0.05, 0) is 61.4 Å². The van der Waals surface area contributed by atoms with E-state index < -0.39 is 5.60 Å². The Hall–Kier alpha value is -0.0000000000000000763. The number of hydrogen-bond donors (Lipinski definition) is 1. The van der Waals surface area contributed by atoms with Gasteiger partial charge in [0, 0.05) is 13.4 Å². The number of allylic oxidation sites excluding steroid dienone is 1. The van der Waals surface area contributed by atoms with E-state index in [-0.39, 0.29) is 0 Å². The van der Waals surface area contributed by atoms with Crippen LogP contribution in [0.25, 0.3) is 0 Å². The molecule has 0 heterocycles. The molecule has 0 unspecified atom stereocenters. The average molecular weight is 376 g/mol. The molecule has 0 aliphatic carbocycles. The highest BCUT2D eigenvalue weighted by atomic mass is 127. The molecule has 3 heteroatoms. The third-order valence-electron chi connectivity index (χ3n) is 2.52. The van der Waals surface area contributed by atoms with Gasteiger partial charge in [-0.25, -0.2) is 0 Å². The largest absolute Gasteiger partial charge is 0.385 e. The van der Waals surface area contributed by atoms with Crippen LogP contribution in [0.4, 0.5) is 0 Å². The molecule has 18 heavy (non-hydrogen) atoms. The number of benzene rings is 1. The minimum absolute atomic E-state index is 0.745. The summed E-state index contributed by atoms with van der Waals surface area (Å²) < 4.78 is 1.06. The zero-order valence-corrected chi connectivity index (χ0v) is 14.2. The van der Waals surface area contributed by atoms with Crippen molar-refractivity contribution in [2.75, 3.05) is 0 Å². The van der Waals surface area contributed by atoms with Gasteiger partial charge in [0.05, 0.1) is 5.60 Å². The van der Waals surface area contributed by atoms with Crippen molar-refractivity contribution >= 4 is 34.4 Å². The molecule has 0 aliphatic rings. The normalized spacial score (nSPS) is 13.4. The van der Waals surface area contributed by atoms with E-state index in [9.17, 15) is 5.11 Å². The van der Waals surface area contributed by atoms with Gasteiger partial charge in [0.15, 0.2) is 0 Å². The lowest BCUT2D eigenvalue weighted by molar-refractivity contribution is 0.130. The summed E-state index contributed by atoms with van der Waals surface area (Å²) in [6, 6.07) is 10.4. The van der Waals surface area contributed by atoms with Crippen molar-refractivity contribution in [3.05, 3.63) is 38.8 Å². The third kappa shape index (κ3) is 5.33. The van der Waals surface area contributed by atoms with E-state index >= 15 is 0 Å². The zero-order valence-electron chi connectivity index (χ0n) is 11.2. The highest BCUT2D eigenvalue weighted by Gasteiger charge is 2.21. The molecule has 0 amide bonds. The lowest BCUT2D eigenvalue weighted by atomic mass is 10.1. The maximum Gasteiger partial charge on any atom is 0.0904 e. The monoisotopic (exact) mass is 376 g/mol. The minimum Gasteiger partial charge on any atom is -0.385 e. The number of thioether (sulfide) groups is 1. The maximum atomic E-state index is 10.2. The molecule has 0 aliphatic heterocycles. The quantitative estimate of drug-likeness (QED) is 0.531. The Balaban J connectivity index is 2.92. The van der Waals surface area contributed by atoms with Gasteiger partial charge >= 0.3 is 0 Å². The van der Waals surface area contributed by atoms with Gasteiger partial charge in [-0.15, -0.1) is 0 Å². The maximum absolute atomic E-state index is 10.2. The first-order valence-corrected chi connectivity index (χ1v) is 8.19. The molecule has 0 bridgehead atoms. The molecule has 1 aromatic rings. The molecule has 0 atom stereocenters. The van der Waals surface area contributed by atoms with Gasteiger partial charge in [-0.3, -0.25) is 0 Å². The smallest absolute Gasteiger partial charge is 0.0904 e. The molecule has 0 spiro atoms. The van der Waals surface area contributed by atoms with E-state index in [2.05, 4.69) is 53.8 Å². The standard InChI is InChI=1S/C15H21IOS/c1-4-5-11-13(14(16)15(2,3)17)18-12-9-7-6-8-10-12/h6-10,17H,4-5,11H2,1-3H3/b14-13+. The van der Waals surface area contributed by atoms with E-state index in [0.717, 1.165) is 16.4 Å². The second-order valence-corrected chi connectivity index (χ2v) is 7.06. The lowest BCUT2D eigenvalue weighted by Crippen LogP contribution is -2.19. The summed E-state index contributed by atoms with van der Waals surface area (Å²) in [5, 5.41) is 10.2. The fraction of sp³-hybridized carbons (Fsp3) is 0.467. The lowest BCUT2D eigenvalue weighted by Gasteiger charge is -2.21. The Labute approximate surface area is 128 Å². The van der Waals surface area contributed by atoms with E-state index in [4.69, 9.17) is 0 Å². The van der Waals surface area contributed by atoms with Crippen LogP contribution in [0.3, 0.4) is 0 Å². The van der Waals surface area contributed by atoms with Crippen LogP contribution in [0.15, 0.2) is 43.7 Å². The molecular formula is C15H21IOS. The molecule has 0 aromatic heterocycles. The Morgan fingerprint density at radius 1 is 1.28 bits per heavy atom. The first-order valence-electron chi connectivity index (χ1n) is 6.29. The number of halogens is 1. The molecule has 0 radical (unpaired) electrons. The van der Waals surface area contributed by atoms with Crippen molar-refractivity contribution in [1.29, 1.82) is 0 Å². The summed E-state index contributed by atoms with van der Waals surface area (Å²) in [5.74, 6) is 0. The van der Waals surface area contributed by atoms with Crippen molar-refractivity contribution in [3.8, 4) is 0 Å². The first kappa shape index (κ1) is 16.1. The van der Waals surface area contributed by atoms with Gasteiger partial charge in [0.1, 0.15) is 0 Å². The molecule has 1 N–H and O–H groups in total. The molecule has 1 aromatic carbocycles. The predicted molar refractivity (Wildman–Crippen MR) is 89.2 cm³/mol. The number of rotatable bonds is 6. The van der Waals surface area contributed by atoms with Crippen molar-refractivity contribution in [3.63, 3.8) is 0 Å². The number of unbranched alkanes of at least 4 members (excludes halogenated alkanes) is 1. The highest BCUT2D eigenvalue weighted by Crippen LogP contribution is 2.38. The zero-order chi connectivity index (χ0) is 13.6. The Kier molecular flexibility index (Phi) is 6.74. The highest BCUT2D eigenvalue weighted by molar-refractivity contribution is 14.1. The third-order valence-corrected chi connectivity index (χ3v) is 6.02. The molecular weight excluding hydrogens is 355 g/mol. The molecule has 0 saturated heterocycles. The molecule has 1 nitrogen and oxygen atoms in total. The first-order chi connectivity index (χ1) is 8.45. The van der Waals surface area contributed by atoms with Crippen LogP contribution in [0.5, 0.6) is 0 Å². The SMILES string of the molecule is CCCC/C(Sc1ccccc1)=C(\I)C(C)(C)O. The Bertz CT molecular complexity index is 393. The second-order valence-electron chi connectivity index (χ2n) is 4.81. The summed E-state index contributed by atoms with van der Waals surface area (Å²) in [4.78, 5) is 2.53. The van der Waals surface area contributed by atoms with E-state index in [1.807, 2.05) is 19.9 Å². The molecule has 0 fully saturated rings. The molecule has 1 rings (SSSR count). The fourth-order valence-electron chi connectivity index (χ4n) is 1.51. The second kappa shape index (κ2) is 7.56. The van der Waals surface area contributed by atoms with E-state index in [1.165, 1.54) is 16.2 Å².